The van der Waals surface area contributed by atoms with Gasteiger partial charge >= 0.3 is 0 Å². The highest BCUT2D eigenvalue weighted by atomic mass is 32.1. The van der Waals surface area contributed by atoms with Crippen molar-refractivity contribution >= 4 is 32.6 Å². The molecule has 4 rings (SSSR count). The predicted octanol–water partition coefficient (Wildman–Crippen LogP) is 3.63. The van der Waals surface area contributed by atoms with Gasteiger partial charge in [0, 0.05) is 12.1 Å². The molecule has 0 N–H and O–H groups in total. The summed E-state index contributed by atoms with van der Waals surface area (Å²) in [5.74, 6) is 1.92. The summed E-state index contributed by atoms with van der Waals surface area (Å²) in [6, 6.07) is 11.0. The van der Waals surface area contributed by atoms with Gasteiger partial charge in [-0.25, -0.2) is 4.98 Å². The number of thiazole rings is 1. The van der Waals surface area contributed by atoms with Crippen LogP contribution in [0.3, 0.4) is 0 Å². The molecule has 29 heavy (non-hydrogen) atoms. The monoisotopic (exact) mass is 413 g/mol. The summed E-state index contributed by atoms with van der Waals surface area (Å²) in [7, 11) is 5.68. The number of rotatable bonds is 7. The second-order valence-corrected chi connectivity index (χ2v) is 8.02. The summed E-state index contributed by atoms with van der Waals surface area (Å²) >= 11 is 1.49. The number of amides is 1. The summed E-state index contributed by atoms with van der Waals surface area (Å²) in [4.78, 5) is 21.9. The zero-order valence-corrected chi connectivity index (χ0v) is 17.5. The van der Waals surface area contributed by atoms with Crippen molar-refractivity contribution in [1.82, 2.24) is 9.88 Å². The first-order chi connectivity index (χ1) is 14.0. The third-order valence-electron chi connectivity index (χ3n) is 4.67. The molecule has 1 aliphatic rings. The van der Waals surface area contributed by atoms with Gasteiger partial charge in [0.25, 0.3) is 5.91 Å². The quantitative estimate of drug-likeness (QED) is 0.589. The Kier molecular flexibility index (Phi) is 5.55. The third kappa shape index (κ3) is 4.13. The van der Waals surface area contributed by atoms with Crippen molar-refractivity contribution in [3.63, 3.8) is 0 Å². The van der Waals surface area contributed by atoms with Crippen molar-refractivity contribution in [3.05, 3.63) is 42.0 Å². The molecule has 152 valence electrons. The highest BCUT2D eigenvalue weighted by molar-refractivity contribution is 7.22. The van der Waals surface area contributed by atoms with Crippen molar-refractivity contribution in [2.24, 2.45) is 0 Å². The second kappa shape index (κ2) is 8.26. The molecule has 1 amide bonds. The van der Waals surface area contributed by atoms with Crippen LogP contribution in [0, 0.1) is 0 Å². The fraction of sp³-hybridized carbons (Fsp3) is 0.333. The largest absolute Gasteiger partial charge is 0.497 e. The van der Waals surface area contributed by atoms with Crippen LogP contribution in [0.4, 0.5) is 5.13 Å². The van der Waals surface area contributed by atoms with Gasteiger partial charge in [-0.3, -0.25) is 9.69 Å². The first kappa shape index (κ1) is 19.5. The lowest BCUT2D eigenvalue weighted by atomic mass is 10.1. The van der Waals surface area contributed by atoms with E-state index in [0.717, 1.165) is 28.9 Å². The summed E-state index contributed by atoms with van der Waals surface area (Å²) in [6.45, 7) is 1.63. The van der Waals surface area contributed by atoms with Crippen LogP contribution in [-0.4, -0.2) is 56.9 Å². The molecule has 0 fully saturated rings. The lowest BCUT2D eigenvalue weighted by molar-refractivity contribution is 0.0985. The van der Waals surface area contributed by atoms with Crippen molar-refractivity contribution in [1.29, 1.82) is 0 Å². The number of fused-ring (bicyclic) bond motifs is 2. The average molecular weight is 413 g/mol. The van der Waals surface area contributed by atoms with Crippen LogP contribution in [0.15, 0.2) is 36.4 Å². The number of carbonyl (C=O) groups excluding carboxylic acids is 1. The molecule has 0 bridgehead atoms. The van der Waals surface area contributed by atoms with Crippen LogP contribution in [-0.2, 0) is 0 Å². The van der Waals surface area contributed by atoms with Crippen LogP contribution < -0.4 is 19.1 Å². The summed E-state index contributed by atoms with van der Waals surface area (Å²) in [6.07, 6.45) is 0.836. The Bertz CT molecular complexity index is 1030. The number of nitrogens with zero attached hydrogens (tertiary/aromatic N) is 3. The van der Waals surface area contributed by atoms with Crippen LogP contribution >= 0.6 is 11.3 Å². The van der Waals surface area contributed by atoms with Crippen LogP contribution in [0.1, 0.15) is 16.8 Å². The highest BCUT2D eigenvalue weighted by Crippen LogP contribution is 2.35. The minimum Gasteiger partial charge on any atom is -0.497 e. The summed E-state index contributed by atoms with van der Waals surface area (Å²) in [5.41, 5.74) is 1.40. The molecule has 0 atom stereocenters. The number of hydrogen-bond donors (Lipinski definition) is 0. The van der Waals surface area contributed by atoms with Gasteiger partial charge < -0.3 is 19.1 Å². The molecule has 1 aromatic heterocycles. The van der Waals surface area contributed by atoms with Crippen molar-refractivity contribution < 1.29 is 19.0 Å². The molecule has 8 heteroatoms. The number of methoxy groups -OCH3 is 1. The Labute approximate surface area is 173 Å². The minimum absolute atomic E-state index is 0.104. The van der Waals surface area contributed by atoms with Gasteiger partial charge in [0.1, 0.15) is 5.75 Å². The van der Waals surface area contributed by atoms with E-state index < -0.39 is 0 Å². The van der Waals surface area contributed by atoms with Gasteiger partial charge in [-0.05, 0) is 63.5 Å². The van der Waals surface area contributed by atoms with Crippen molar-refractivity contribution in [2.45, 2.75) is 6.42 Å². The zero-order chi connectivity index (χ0) is 20.4. The maximum absolute atomic E-state index is 13.4. The van der Waals surface area contributed by atoms with Crippen LogP contribution in [0.25, 0.3) is 10.2 Å². The Morgan fingerprint density at radius 3 is 2.76 bits per heavy atom. The predicted molar refractivity (Wildman–Crippen MR) is 114 cm³/mol. The minimum atomic E-state index is -0.104. The molecule has 0 aliphatic carbocycles. The van der Waals surface area contributed by atoms with Crippen LogP contribution in [0.5, 0.6) is 17.2 Å². The van der Waals surface area contributed by atoms with Gasteiger partial charge in [-0.2, -0.15) is 0 Å². The molecule has 7 nitrogen and oxygen atoms in total. The number of benzene rings is 2. The average Bonchev–Trinajstić information content (AvgIpc) is 3.35. The maximum atomic E-state index is 13.4. The summed E-state index contributed by atoms with van der Waals surface area (Å²) in [5, 5.41) is 0.676. The standard InChI is InChI=1S/C21H23N3O4S/c1-23(2)9-4-10-24(20(25)14-5-8-17-18(11-14)28-13-27-17)21-22-16-7-6-15(26-3)12-19(16)29-21/h5-8,11-12H,4,9-10,13H2,1-3H3. The van der Waals surface area contributed by atoms with E-state index in [1.54, 1.807) is 30.2 Å². The maximum Gasteiger partial charge on any atom is 0.260 e. The van der Waals surface area contributed by atoms with E-state index in [4.69, 9.17) is 19.2 Å². The summed E-state index contributed by atoms with van der Waals surface area (Å²) < 4.78 is 17.1. The number of anilines is 1. The highest BCUT2D eigenvalue weighted by Gasteiger charge is 2.24. The van der Waals surface area contributed by atoms with E-state index >= 15 is 0 Å². The van der Waals surface area contributed by atoms with Gasteiger partial charge in [-0.15, -0.1) is 0 Å². The van der Waals surface area contributed by atoms with Gasteiger partial charge in [0.15, 0.2) is 16.6 Å². The molecular formula is C21H23N3O4S. The van der Waals surface area contributed by atoms with Gasteiger partial charge in [0.2, 0.25) is 6.79 Å². The fourth-order valence-electron chi connectivity index (χ4n) is 3.15. The molecule has 2 aromatic carbocycles. The topological polar surface area (TPSA) is 64.1 Å². The van der Waals surface area contributed by atoms with E-state index in [0.29, 0.717) is 28.7 Å². The Balaban J connectivity index is 1.66. The molecule has 0 radical (unpaired) electrons. The molecular weight excluding hydrogens is 390 g/mol. The van der Waals surface area contributed by atoms with Gasteiger partial charge in [-0.1, -0.05) is 11.3 Å². The van der Waals surface area contributed by atoms with E-state index in [9.17, 15) is 4.79 Å². The van der Waals surface area contributed by atoms with Gasteiger partial charge in [0.05, 0.1) is 17.3 Å². The van der Waals surface area contributed by atoms with E-state index in [1.165, 1.54) is 11.3 Å². The number of aromatic nitrogens is 1. The Hall–Kier alpha value is -2.84. The molecule has 0 unspecified atom stereocenters. The number of ether oxygens (including phenoxy) is 3. The van der Waals surface area contributed by atoms with E-state index in [2.05, 4.69) is 4.90 Å². The smallest absolute Gasteiger partial charge is 0.260 e. The van der Waals surface area contributed by atoms with Crippen molar-refractivity contribution in [2.75, 3.05) is 46.0 Å². The SMILES string of the molecule is COc1ccc2nc(N(CCCN(C)C)C(=O)c3ccc4c(c3)OCO4)sc2c1. The second-order valence-electron chi connectivity index (χ2n) is 7.01. The number of hydrogen-bond acceptors (Lipinski definition) is 7. The normalized spacial score (nSPS) is 12.6. The first-order valence-corrected chi connectivity index (χ1v) is 10.2. The molecule has 0 spiro atoms. The molecule has 0 saturated heterocycles. The third-order valence-corrected chi connectivity index (χ3v) is 5.71. The Morgan fingerprint density at radius 1 is 1.14 bits per heavy atom. The molecule has 0 saturated carbocycles. The van der Waals surface area contributed by atoms with E-state index in [1.807, 2.05) is 32.3 Å². The molecule has 1 aliphatic heterocycles. The molecule has 2 heterocycles. The van der Waals surface area contributed by atoms with E-state index in [-0.39, 0.29) is 12.7 Å². The molecule has 3 aromatic rings. The van der Waals surface area contributed by atoms with Crippen molar-refractivity contribution in [3.8, 4) is 17.2 Å². The lowest BCUT2D eigenvalue weighted by Crippen LogP contribution is -2.33. The van der Waals surface area contributed by atoms with Crippen LogP contribution in [0.2, 0.25) is 0 Å². The Morgan fingerprint density at radius 2 is 1.97 bits per heavy atom. The zero-order valence-electron chi connectivity index (χ0n) is 16.7. The fourth-order valence-corrected chi connectivity index (χ4v) is 4.17. The lowest BCUT2D eigenvalue weighted by Gasteiger charge is -2.21. The first-order valence-electron chi connectivity index (χ1n) is 9.36. The number of carbonyl (C=O) groups is 1.